The van der Waals surface area contributed by atoms with Crippen molar-refractivity contribution in [3.05, 3.63) is 54.1 Å². The smallest absolute Gasteiger partial charge is 0.232 e. The molecule has 0 aliphatic rings. The molecule has 0 radical (unpaired) electrons. The minimum atomic E-state index is -3.49. The van der Waals surface area contributed by atoms with E-state index in [1.807, 2.05) is 6.07 Å². The van der Waals surface area contributed by atoms with Crippen LogP contribution in [0.5, 0.6) is 5.75 Å². The van der Waals surface area contributed by atoms with Gasteiger partial charge in [-0.05, 0) is 30.2 Å². The molecule has 0 fully saturated rings. The lowest BCUT2D eigenvalue weighted by atomic mass is 10.3. The largest absolute Gasteiger partial charge is 0.484 e. The van der Waals surface area contributed by atoms with Crippen molar-refractivity contribution in [2.75, 3.05) is 10.5 Å². The first-order valence-corrected chi connectivity index (χ1v) is 8.84. The van der Waals surface area contributed by atoms with E-state index < -0.39 is 15.8 Å². The van der Waals surface area contributed by atoms with Crippen LogP contribution in [0, 0.1) is 11.7 Å². The highest BCUT2D eigenvalue weighted by molar-refractivity contribution is 7.92. The van der Waals surface area contributed by atoms with Crippen molar-refractivity contribution < 1.29 is 17.5 Å². The second kappa shape index (κ2) is 7.41. The zero-order valence-electron chi connectivity index (χ0n) is 13.0. The Morgan fingerprint density at radius 2 is 2.04 bits per heavy atom. The molecule has 124 valence electrons. The molecular weight excluding hydrogens is 319 g/mol. The number of pyridine rings is 1. The number of nitrogens with zero attached hydrogens (tertiary/aromatic N) is 1. The molecule has 0 atom stereocenters. The maximum atomic E-state index is 14.0. The summed E-state index contributed by atoms with van der Waals surface area (Å²) in [7, 11) is -3.49. The second-order valence-corrected chi connectivity index (χ2v) is 7.30. The molecule has 1 N–H and O–H groups in total. The standard InChI is InChI=1S/C16H19FN2O3S/c1-12(2)11-23(20,21)19-13-6-7-16(15(17)9-13)22-10-14-5-3-4-8-18-14/h3-9,12,19H,10-11H2,1-2H3. The van der Waals surface area contributed by atoms with Crippen LogP contribution >= 0.6 is 0 Å². The average Bonchev–Trinajstić information content (AvgIpc) is 2.45. The number of ether oxygens (including phenoxy) is 1. The monoisotopic (exact) mass is 338 g/mol. The number of sulfonamides is 1. The van der Waals surface area contributed by atoms with Crippen LogP contribution in [-0.2, 0) is 16.6 Å². The van der Waals surface area contributed by atoms with E-state index in [1.54, 1.807) is 32.2 Å². The predicted molar refractivity (Wildman–Crippen MR) is 87.2 cm³/mol. The van der Waals surface area contributed by atoms with Crippen LogP contribution in [-0.4, -0.2) is 19.2 Å². The van der Waals surface area contributed by atoms with Gasteiger partial charge in [0.25, 0.3) is 0 Å². The van der Waals surface area contributed by atoms with Gasteiger partial charge < -0.3 is 4.74 Å². The Morgan fingerprint density at radius 1 is 1.26 bits per heavy atom. The second-order valence-electron chi connectivity index (χ2n) is 5.53. The quantitative estimate of drug-likeness (QED) is 0.842. The summed E-state index contributed by atoms with van der Waals surface area (Å²) in [5, 5.41) is 0. The lowest BCUT2D eigenvalue weighted by Gasteiger charge is -2.11. The van der Waals surface area contributed by atoms with Gasteiger partial charge in [-0.25, -0.2) is 12.8 Å². The summed E-state index contributed by atoms with van der Waals surface area (Å²) in [4.78, 5) is 4.08. The van der Waals surface area contributed by atoms with Gasteiger partial charge in [0.05, 0.1) is 17.1 Å². The molecule has 23 heavy (non-hydrogen) atoms. The van der Waals surface area contributed by atoms with Crippen molar-refractivity contribution in [3.63, 3.8) is 0 Å². The summed E-state index contributed by atoms with van der Waals surface area (Å²) in [5.41, 5.74) is 0.849. The van der Waals surface area contributed by atoms with Gasteiger partial charge >= 0.3 is 0 Å². The number of hydrogen-bond donors (Lipinski definition) is 1. The Bertz CT molecular complexity index is 749. The molecule has 0 aliphatic heterocycles. The molecule has 5 nitrogen and oxygen atoms in total. The predicted octanol–water partition coefficient (Wildman–Crippen LogP) is 3.20. The molecule has 0 saturated heterocycles. The molecule has 0 unspecified atom stereocenters. The van der Waals surface area contributed by atoms with Crippen molar-refractivity contribution in [2.45, 2.75) is 20.5 Å². The number of benzene rings is 1. The Hall–Kier alpha value is -2.15. The summed E-state index contributed by atoms with van der Waals surface area (Å²) in [6, 6.07) is 9.33. The molecular formula is C16H19FN2O3S. The number of halogens is 1. The zero-order chi connectivity index (χ0) is 16.9. The highest BCUT2D eigenvalue weighted by atomic mass is 32.2. The van der Waals surface area contributed by atoms with Gasteiger partial charge in [-0.2, -0.15) is 0 Å². The third kappa shape index (κ3) is 5.52. The summed E-state index contributed by atoms with van der Waals surface area (Å²) >= 11 is 0. The summed E-state index contributed by atoms with van der Waals surface area (Å²) in [5.74, 6) is -0.626. The zero-order valence-corrected chi connectivity index (χ0v) is 13.8. The molecule has 0 bridgehead atoms. The van der Waals surface area contributed by atoms with E-state index in [4.69, 9.17) is 4.74 Å². The van der Waals surface area contributed by atoms with Crippen molar-refractivity contribution in [1.82, 2.24) is 4.98 Å². The van der Waals surface area contributed by atoms with Crippen LogP contribution in [0.15, 0.2) is 42.6 Å². The minimum absolute atomic E-state index is 0.0154. The van der Waals surface area contributed by atoms with E-state index in [9.17, 15) is 12.8 Å². The molecule has 1 aromatic carbocycles. The van der Waals surface area contributed by atoms with E-state index in [-0.39, 0.29) is 29.7 Å². The highest BCUT2D eigenvalue weighted by Gasteiger charge is 2.14. The van der Waals surface area contributed by atoms with Gasteiger partial charge in [0.2, 0.25) is 10.0 Å². The van der Waals surface area contributed by atoms with Crippen LogP contribution in [0.1, 0.15) is 19.5 Å². The van der Waals surface area contributed by atoms with Gasteiger partial charge in [0.1, 0.15) is 6.61 Å². The Kier molecular flexibility index (Phi) is 5.54. The minimum Gasteiger partial charge on any atom is -0.484 e. The van der Waals surface area contributed by atoms with Crippen molar-refractivity contribution in [1.29, 1.82) is 0 Å². The van der Waals surface area contributed by atoms with Crippen molar-refractivity contribution >= 4 is 15.7 Å². The SMILES string of the molecule is CC(C)CS(=O)(=O)Nc1ccc(OCc2ccccn2)c(F)c1. The molecule has 0 aliphatic carbocycles. The number of anilines is 1. The fourth-order valence-corrected chi connectivity index (χ4v) is 3.42. The average molecular weight is 338 g/mol. The van der Waals surface area contributed by atoms with E-state index in [0.717, 1.165) is 6.07 Å². The third-order valence-corrected chi connectivity index (χ3v) is 4.51. The van der Waals surface area contributed by atoms with Crippen LogP contribution in [0.3, 0.4) is 0 Å². The number of rotatable bonds is 7. The van der Waals surface area contributed by atoms with Crippen LogP contribution in [0.25, 0.3) is 0 Å². The molecule has 0 amide bonds. The van der Waals surface area contributed by atoms with Gasteiger partial charge in [0, 0.05) is 12.3 Å². The Balaban J connectivity index is 2.03. The molecule has 2 rings (SSSR count). The molecule has 1 heterocycles. The first-order chi connectivity index (χ1) is 10.9. The fraction of sp³-hybridized carbons (Fsp3) is 0.312. The van der Waals surface area contributed by atoms with E-state index >= 15 is 0 Å². The van der Waals surface area contributed by atoms with Gasteiger partial charge in [-0.1, -0.05) is 19.9 Å². The van der Waals surface area contributed by atoms with Gasteiger partial charge in [-0.15, -0.1) is 0 Å². The Morgan fingerprint density at radius 3 is 2.65 bits per heavy atom. The Labute approximate surface area is 135 Å². The maximum Gasteiger partial charge on any atom is 0.232 e. The highest BCUT2D eigenvalue weighted by Crippen LogP contribution is 2.23. The van der Waals surface area contributed by atoms with Crippen LogP contribution in [0.4, 0.5) is 10.1 Å². The van der Waals surface area contributed by atoms with Crippen LogP contribution < -0.4 is 9.46 Å². The molecule has 7 heteroatoms. The van der Waals surface area contributed by atoms with Gasteiger partial charge in [0.15, 0.2) is 11.6 Å². The number of aromatic nitrogens is 1. The topological polar surface area (TPSA) is 68.3 Å². The maximum absolute atomic E-state index is 14.0. The lowest BCUT2D eigenvalue weighted by Crippen LogP contribution is -2.20. The van der Waals surface area contributed by atoms with Gasteiger partial charge in [-0.3, -0.25) is 9.71 Å². The third-order valence-electron chi connectivity index (χ3n) is 2.86. The van der Waals surface area contributed by atoms with Crippen molar-refractivity contribution in [2.24, 2.45) is 5.92 Å². The molecule has 2 aromatic rings. The first kappa shape index (κ1) is 17.2. The summed E-state index contributed by atoms with van der Waals surface area (Å²) < 4.78 is 45.4. The molecule has 0 saturated carbocycles. The summed E-state index contributed by atoms with van der Waals surface area (Å²) in [6.07, 6.45) is 1.63. The summed E-state index contributed by atoms with van der Waals surface area (Å²) in [6.45, 7) is 3.74. The number of hydrogen-bond acceptors (Lipinski definition) is 4. The lowest BCUT2D eigenvalue weighted by molar-refractivity contribution is 0.286. The molecule has 0 spiro atoms. The number of nitrogens with one attached hydrogen (secondary N) is 1. The van der Waals surface area contributed by atoms with E-state index in [2.05, 4.69) is 9.71 Å². The fourth-order valence-electron chi connectivity index (χ4n) is 1.98. The van der Waals surface area contributed by atoms with E-state index in [1.165, 1.54) is 12.1 Å². The van der Waals surface area contributed by atoms with Crippen LogP contribution in [0.2, 0.25) is 0 Å². The molecule has 1 aromatic heterocycles. The first-order valence-electron chi connectivity index (χ1n) is 7.18. The van der Waals surface area contributed by atoms with E-state index in [0.29, 0.717) is 5.69 Å². The normalized spacial score (nSPS) is 11.5. The van der Waals surface area contributed by atoms with Crippen molar-refractivity contribution in [3.8, 4) is 5.75 Å².